The van der Waals surface area contributed by atoms with Gasteiger partial charge in [0.1, 0.15) is 6.04 Å². The number of aryl methyl sites for hydroxylation is 2. The lowest BCUT2D eigenvalue weighted by molar-refractivity contribution is -0.146. The van der Waals surface area contributed by atoms with E-state index in [1.807, 2.05) is 32.0 Å². The minimum Gasteiger partial charge on any atom is -0.324 e. The summed E-state index contributed by atoms with van der Waals surface area (Å²) in [5.41, 5.74) is 2.92. The number of allylic oxidation sites excluding steroid dienone is 2. The highest BCUT2D eigenvalue weighted by Crippen LogP contribution is 2.65. The summed E-state index contributed by atoms with van der Waals surface area (Å²) in [7, 11) is 0. The average molecular weight is 364 g/mol. The first-order valence-electron chi connectivity index (χ1n) is 9.82. The van der Waals surface area contributed by atoms with E-state index in [4.69, 9.17) is 0 Å². The first-order valence-corrected chi connectivity index (χ1v) is 9.82. The van der Waals surface area contributed by atoms with E-state index in [0.29, 0.717) is 17.5 Å². The van der Waals surface area contributed by atoms with Crippen LogP contribution in [0.25, 0.3) is 0 Å². The topological polar surface area (TPSA) is 66.5 Å². The van der Waals surface area contributed by atoms with Gasteiger partial charge in [0.05, 0.1) is 11.8 Å². The molecule has 1 aliphatic heterocycles. The molecular weight excluding hydrogens is 340 g/mol. The molecule has 3 fully saturated rings. The maximum atomic E-state index is 13.1. The average Bonchev–Trinajstić information content (AvgIpc) is 3.42. The highest BCUT2D eigenvalue weighted by atomic mass is 16.2. The van der Waals surface area contributed by atoms with Gasteiger partial charge >= 0.3 is 0 Å². The number of hydrogen-bond acceptors (Lipinski definition) is 3. The molecule has 27 heavy (non-hydrogen) atoms. The Morgan fingerprint density at radius 2 is 1.63 bits per heavy atom. The van der Waals surface area contributed by atoms with E-state index in [-0.39, 0.29) is 41.4 Å². The standard InChI is InChI=1S/C22H24N2O3/c1-10-4-5-13(8-11(10)2)23-20(25)12(3)24-21(26)18-14-6-7-15(17-9-16(14)17)19(18)22(24)27/h4-8,12,14-19H,9H2,1-3H3,(H,23,25)/t12-,14-,15-,16-,17-,18+,19+/m0/s1. The smallest absolute Gasteiger partial charge is 0.247 e. The number of nitrogens with zero attached hydrogens (tertiary/aromatic N) is 1. The monoisotopic (exact) mass is 364 g/mol. The molecule has 0 unspecified atom stereocenters. The van der Waals surface area contributed by atoms with Crippen LogP contribution in [0, 0.1) is 49.4 Å². The van der Waals surface area contributed by atoms with Crippen molar-refractivity contribution in [1.29, 1.82) is 0 Å². The number of hydrogen-bond donors (Lipinski definition) is 1. The van der Waals surface area contributed by atoms with Crippen molar-refractivity contribution < 1.29 is 14.4 Å². The van der Waals surface area contributed by atoms with Crippen LogP contribution in [0.1, 0.15) is 24.5 Å². The van der Waals surface area contributed by atoms with Crippen LogP contribution < -0.4 is 5.32 Å². The minimum atomic E-state index is -0.798. The quantitative estimate of drug-likeness (QED) is 0.662. The Labute approximate surface area is 158 Å². The second kappa shape index (κ2) is 5.54. The Kier molecular flexibility index (Phi) is 3.43. The molecule has 2 saturated carbocycles. The molecule has 6 rings (SSSR count). The zero-order valence-electron chi connectivity index (χ0n) is 15.8. The highest BCUT2D eigenvalue weighted by molar-refractivity contribution is 6.10. The van der Waals surface area contributed by atoms with Crippen molar-refractivity contribution >= 4 is 23.4 Å². The Hall–Kier alpha value is -2.43. The van der Waals surface area contributed by atoms with Crippen LogP contribution in [0.2, 0.25) is 0 Å². The van der Waals surface area contributed by atoms with Gasteiger partial charge in [-0.05, 0) is 74.1 Å². The highest BCUT2D eigenvalue weighted by Gasteiger charge is 2.67. The van der Waals surface area contributed by atoms with Gasteiger partial charge in [-0.3, -0.25) is 19.3 Å². The predicted octanol–water partition coefficient (Wildman–Crippen LogP) is 2.68. The maximum Gasteiger partial charge on any atom is 0.247 e. The van der Waals surface area contributed by atoms with E-state index in [2.05, 4.69) is 17.5 Å². The molecule has 2 bridgehead atoms. The summed E-state index contributed by atoms with van der Waals surface area (Å²) >= 11 is 0. The van der Waals surface area contributed by atoms with Gasteiger partial charge in [0.15, 0.2) is 0 Å². The van der Waals surface area contributed by atoms with Crippen LogP contribution in [-0.2, 0) is 14.4 Å². The van der Waals surface area contributed by atoms with Crippen molar-refractivity contribution in [2.24, 2.45) is 35.5 Å². The molecule has 0 radical (unpaired) electrons. The molecular formula is C22H24N2O3. The Bertz CT molecular complexity index is 869. The van der Waals surface area contributed by atoms with Gasteiger partial charge in [-0.15, -0.1) is 0 Å². The van der Waals surface area contributed by atoms with E-state index in [1.165, 1.54) is 4.90 Å². The van der Waals surface area contributed by atoms with Gasteiger partial charge in [0.2, 0.25) is 17.7 Å². The fraction of sp³-hybridized carbons (Fsp3) is 0.500. The van der Waals surface area contributed by atoms with Gasteiger partial charge in [-0.25, -0.2) is 0 Å². The van der Waals surface area contributed by atoms with Crippen LogP contribution in [0.15, 0.2) is 30.4 Å². The molecule has 5 nitrogen and oxygen atoms in total. The SMILES string of the molecule is Cc1ccc(NC(=O)[C@H](C)N2C(=O)[C@@H]3[C@H]4C=C[C@@H]([C@@H]5C[C@@H]45)[C@H]3C2=O)cc1C. The molecule has 7 atom stereocenters. The first kappa shape index (κ1) is 16.7. The second-order valence-corrected chi connectivity index (χ2v) is 8.67. The van der Waals surface area contributed by atoms with E-state index in [0.717, 1.165) is 17.5 Å². The number of anilines is 1. The molecule has 1 aromatic carbocycles. The molecule has 0 spiro atoms. The summed E-state index contributed by atoms with van der Waals surface area (Å²) < 4.78 is 0. The fourth-order valence-electron chi connectivity index (χ4n) is 5.54. The van der Waals surface area contributed by atoms with Gasteiger partial charge in [0.25, 0.3) is 0 Å². The second-order valence-electron chi connectivity index (χ2n) is 8.67. The Morgan fingerprint density at radius 3 is 2.19 bits per heavy atom. The van der Waals surface area contributed by atoms with E-state index >= 15 is 0 Å². The summed E-state index contributed by atoms with van der Waals surface area (Å²) in [4.78, 5) is 40.2. The molecule has 0 aromatic heterocycles. The van der Waals surface area contributed by atoms with Crippen molar-refractivity contribution in [3.05, 3.63) is 41.5 Å². The lowest BCUT2D eigenvalue weighted by Gasteiger charge is -2.37. The van der Waals surface area contributed by atoms with Crippen molar-refractivity contribution in [1.82, 2.24) is 4.90 Å². The van der Waals surface area contributed by atoms with E-state index < -0.39 is 6.04 Å². The van der Waals surface area contributed by atoms with Gasteiger partial charge in [-0.2, -0.15) is 0 Å². The van der Waals surface area contributed by atoms with Crippen LogP contribution in [0.4, 0.5) is 5.69 Å². The third-order valence-electron chi connectivity index (χ3n) is 7.24. The number of amides is 3. The minimum absolute atomic E-state index is 0.155. The van der Waals surface area contributed by atoms with Crippen LogP contribution in [0.3, 0.4) is 0 Å². The number of carbonyl (C=O) groups excluding carboxylic acids is 3. The molecule has 1 aromatic rings. The largest absolute Gasteiger partial charge is 0.324 e. The normalized spacial score (nSPS) is 36.5. The summed E-state index contributed by atoms with van der Waals surface area (Å²) in [6, 6.07) is 4.91. The summed E-state index contributed by atoms with van der Waals surface area (Å²) in [6.45, 7) is 5.65. The predicted molar refractivity (Wildman–Crippen MR) is 101 cm³/mol. The maximum absolute atomic E-state index is 13.1. The Balaban J connectivity index is 1.37. The number of likely N-dealkylation sites (tertiary alicyclic amines) is 1. The molecule has 1 N–H and O–H groups in total. The first-order chi connectivity index (χ1) is 12.9. The van der Waals surface area contributed by atoms with Crippen molar-refractivity contribution in [3.8, 4) is 0 Å². The number of benzene rings is 1. The van der Waals surface area contributed by atoms with Crippen LogP contribution >= 0.6 is 0 Å². The molecule has 1 heterocycles. The van der Waals surface area contributed by atoms with Gasteiger partial charge in [0, 0.05) is 5.69 Å². The van der Waals surface area contributed by atoms with Gasteiger partial charge < -0.3 is 5.32 Å². The molecule has 140 valence electrons. The molecule has 5 aliphatic rings. The van der Waals surface area contributed by atoms with E-state index in [9.17, 15) is 14.4 Å². The van der Waals surface area contributed by atoms with Gasteiger partial charge in [-0.1, -0.05) is 18.2 Å². The van der Waals surface area contributed by atoms with E-state index in [1.54, 1.807) is 6.92 Å². The number of carbonyl (C=O) groups is 3. The van der Waals surface area contributed by atoms with Crippen molar-refractivity contribution in [3.63, 3.8) is 0 Å². The fourth-order valence-corrected chi connectivity index (χ4v) is 5.54. The zero-order valence-corrected chi connectivity index (χ0v) is 15.8. The van der Waals surface area contributed by atoms with Crippen molar-refractivity contribution in [2.75, 3.05) is 5.32 Å². The summed E-state index contributed by atoms with van der Waals surface area (Å²) in [5.74, 6) is 0.360. The van der Waals surface area contributed by atoms with Crippen LogP contribution in [-0.4, -0.2) is 28.7 Å². The molecule has 1 saturated heterocycles. The Morgan fingerprint density at radius 1 is 1.04 bits per heavy atom. The van der Waals surface area contributed by atoms with Crippen LogP contribution in [0.5, 0.6) is 0 Å². The third-order valence-corrected chi connectivity index (χ3v) is 7.24. The third kappa shape index (κ3) is 2.27. The zero-order chi connectivity index (χ0) is 19.0. The number of nitrogens with one attached hydrogen (secondary N) is 1. The number of imide groups is 1. The number of rotatable bonds is 3. The summed E-state index contributed by atoms with van der Waals surface area (Å²) in [5, 5.41) is 2.86. The van der Waals surface area contributed by atoms with Crippen molar-refractivity contribution in [2.45, 2.75) is 33.2 Å². The lowest BCUT2D eigenvalue weighted by atomic mass is 9.63. The lowest BCUT2D eigenvalue weighted by Crippen LogP contribution is -2.46. The summed E-state index contributed by atoms with van der Waals surface area (Å²) in [6.07, 6.45) is 5.43. The molecule has 3 amide bonds. The molecule has 4 aliphatic carbocycles. The molecule has 5 heteroatoms.